The van der Waals surface area contributed by atoms with Crippen molar-refractivity contribution in [3.63, 3.8) is 0 Å². The second kappa shape index (κ2) is 7.45. The maximum Gasteiger partial charge on any atom is 0.270 e. The Hall–Kier alpha value is -2.06. The minimum Gasteiger partial charge on any atom is -0.448 e. The van der Waals surface area contributed by atoms with Gasteiger partial charge in [-0.2, -0.15) is 5.10 Å². The normalized spacial score (nSPS) is 11.4. The van der Waals surface area contributed by atoms with E-state index in [1.165, 1.54) is 0 Å². The number of nitrogens with zero attached hydrogens (tertiary/aromatic N) is 4. The Morgan fingerprint density at radius 1 is 1.44 bits per heavy atom. The Kier molecular flexibility index (Phi) is 5.29. The number of aryl methyl sites for hydroxylation is 1. The van der Waals surface area contributed by atoms with Gasteiger partial charge in [-0.25, -0.2) is 0 Å². The van der Waals surface area contributed by atoms with Crippen LogP contribution in [0.15, 0.2) is 33.5 Å². The first-order valence-electron chi connectivity index (χ1n) is 8.08. The van der Waals surface area contributed by atoms with Crippen LogP contribution in [0.3, 0.4) is 0 Å². The zero-order valence-corrected chi connectivity index (χ0v) is 16.1. The Bertz CT molecular complexity index is 880. The lowest BCUT2D eigenvalue weighted by Crippen LogP contribution is -2.29. The third kappa shape index (κ3) is 3.50. The molecule has 0 spiro atoms. The SMILES string of the molecule is CCn1nccc1CN(C)C(=O)c1cc2oc(Br)cc2n1CCOC. The van der Waals surface area contributed by atoms with Crippen molar-refractivity contribution in [1.82, 2.24) is 19.2 Å². The number of rotatable bonds is 7. The van der Waals surface area contributed by atoms with Gasteiger partial charge in [-0.3, -0.25) is 9.48 Å². The van der Waals surface area contributed by atoms with Gasteiger partial charge in [0, 0.05) is 45.6 Å². The molecule has 3 aromatic rings. The monoisotopic (exact) mass is 408 g/mol. The predicted octanol–water partition coefficient (Wildman–Crippen LogP) is 3.13. The van der Waals surface area contributed by atoms with Crippen molar-refractivity contribution in [2.24, 2.45) is 0 Å². The maximum absolute atomic E-state index is 13.0. The van der Waals surface area contributed by atoms with Crippen LogP contribution in [-0.4, -0.2) is 45.9 Å². The Morgan fingerprint density at radius 2 is 2.24 bits per heavy atom. The lowest BCUT2D eigenvalue weighted by Gasteiger charge is -2.19. The number of carbonyl (C=O) groups is 1. The quantitative estimate of drug-likeness (QED) is 0.602. The first-order valence-corrected chi connectivity index (χ1v) is 8.88. The number of ether oxygens (including phenoxy) is 1. The van der Waals surface area contributed by atoms with Gasteiger partial charge in [0.15, 0.2) is 10.3 Å². The first-order chi connectivity index (χ1) is 12.0. The Labute approximate surface area is 154 Å². The van der Waals surface area contributed by atoms with Crippen LogP contribution < -0.4 is 0 Å². The highest BCUT2D eigenvalue weighted by atomic mass is 79.9. The van der Waals surface area contributed by atoms with Crippen LogP contribution in [0.4, 0.5) is 0 Å². The standard InChI is InChI=1S/C17H21BrN4O3/c1-4-22-12(5-6-19-22)11-20(2)17(23)14-9-15-13(10-16(18)25-15)21(14)7-8-24-3/h5-6,9-10H,4,7-8,11H2,1-3H3. The molecule has 0 unspecified atom stereocenters. The summed E-state index contributed by atoms with van der Waals surface area (Å²) >= 11 is 3.34. The van der Waals surface area contributed by atoms with E-state index >= 15 is 0 Å². The molecule has 0 saturated carbocycles. The predicted molar refractivity (Wildman–Crippen MR) is 97.5 cm³/mol. The molecule has 0 radical (unpaired) electrons. The van der Waals surface area contributed by atoms with Gasteiger partial charge in [0.2, 0.25) is 0 Å². The van der Waals surface area contributed by atoms with Crippen molar-refractivity contribution in [2.75, 3.05) is 20.8 Å². The zero-order valence-electron chi connectivity index (χ0n) is 14.5. The molecule has 0 aliphatic carbocycles. The van der Waals surface area contributed by atoms with Crippen LogP contribution in [0.1, 0.15) is 23.1 Å². The molecule has 0 bridgehead atoms. The van der Waals surface area contributed by atoms with Crippen molar-refractivity contribution in [3.8, 4) is 0 Å². The van der Waals surface area contributed by atoms with Crippen LogP contribution in [0, 0.1) is 0 Å². The summed E-state index contributed by atoms with van der Waals surface area (Å²) in [6, 6.07) is 5.58. The summed E-state index contributed by atoms with van der Waals surface area (Å²) in [6.45, 7) is 4.38. The van der Waals surface area contributed by atoms with E-state index in [9.17, 15) is 4.79 Å². The number of aromatic nitrogens is 3. The molecular weight excluding hydrogens is 388 g/mol. The molecule has 3 aromatic heterocycles. The van der Waals surface area contributed by atoms with Crippen LogP contribution in [0.25, 0.3) is 11.1 Å². The second-order valence-corrected chi connectivity index (χ2v) is 6.56. The lowest BCUT2D eigenvalue weighted by molar-refractivity contribution is 0.0769. The smallest absolute Gasteiger partial charge is 0.270 e. The Morgan fingerprint density at radius 3 is 2.96 bits per heavy atom. The number of fused-ring (bicyclic) bond motifs is 1. The van der Waals surface area contributed by atoms with Crippen molar-refractivity contribution >= 4 is 32.9 Å². The van der Waals surface area contributed by atoms with Gasteiger partial charge in [-0.05, 0) is 28.9 Å². The maximum atomic E-state index is 13.0. The summed E-state index contributed by atoms with van der Waals surface area (Å²) < 4.78 is 15.3. The topological polar surface area (TPSA) is 65.4 Å². The molecule has 1 amide bonds. The molecule has 25 heavy (non-hydrogen) atoms. The third-order valence-corrected chi connectivity index (χ3v) is 4.54. The second-order valence-electron chi connectivity index (χ2n) is 5.77. The summed E-state index contributed by atoms with van der Waals surface area (Å²) in [5, 5.41) is 4.25. The van der Waals surface area contributed by atoms with Gasteiger partial charge in [0.1, 0.15) is 5.69 Å². The van der Waals surface area contributed by atoms with E-state index in [1.54, 1.807) is 31.3 Å². The van der Waals surface area contributed by atoms with E-state index in [2.05, 4.69) is 21.0 Å². The van der Waals surface area contributed by atoms with E-state index in [1.807, 2.05) is 28.3 Å². The highest BCUT2D eigenvalue weighted by Crippen LogP contribution is 2.27. The molecule has 0 fully saturated rings. The molecule has 0 aliphatic rings. The molecule has 0 N–H and O–H groups in total. The summed E-state index contributed by atoms with van der Waals surface area (Å²) in [7, 11) is 3.44. The molecule has 134 valence electrons. The van der Waals surface area contributed by atoms with Crippen molar-refractivity contribution in [1.29, 1.82) is 0 Å². The largest absolute Gasteiger partial charge is 0.448 e. The fourth-order valence-corrected chi connectivity index (χ4v) is 3.29. The van der Waals surface area contributed by atoms with Gasteiger partial charge in [-0.1, -0.05) is 0 Å². The molecule has 7 nitrogen and oxygen atoms in total. The van der Waals surface area contributed by atoms with Crippen molar-refractivity contribution in [3.05, 3.63) is 40.5 Å². The average molecular weight is 409 g/mol. The number of hydrogen-bond acceptors (Lipinski definition) is 4. The van der Waals surface area contributed by atoms with Crippen LogP contribution in [0.5, 0.6) is 0 Å². The lowest BCUT2D eigenvalue weighted by atomic mass is 10.3. The highest BCUT2D eigenvalue weighted by molar-refractivity contribution is 9.10. The minimum absolute atomic E-state index is 0.0671. The summed E-state index contributed by atoms with van der Waals surface area (Å²) in [4.78, 5) is 14.7. The number of methoxy groups -OCH3 is 1. The van der Waals surface area contributed by atoms with E-state index in [-0.39, 0.29) is 5.91 Å². The van der Waals surface area contributed by atoms with Crippen LogP contribution >= 0.6 is 15.9 Å². The van der Waals surface area contributed by atoms with Crippen molar-refractivity contribution in [2.45, 2.75) is 26.6 Å². The first kappa shape index (κ1) is 17.8. The fourth-order valence-electron chi connectivity index (χ4n) is 2.90. The number of hydrogen-bond donors (Lipinski definition) is 0. The summed E-state index contributed by atoms with van der Waals surface area (Å²) in [6.07, 6.45) is 1.75. The van der Waals surface area contributed by atoms with E-state index in [0.29, 0.717) is 35.6 Å². The van der Waals surface area contributed by atoms with Crippen LogP contribution in [-0.2, 0) is 24.4 Å². The molecule has 0 aromatic carbocycles. The molecule has 0 atom stereocenters. The van der Waals surface area contributed by atoms with E-state index in [0.717, 1.165) is 17.8 Å². The average Bonchev–Trinajstić information content (AvgIpc) is 3.26. The van der Waals surface area contributed by atoms with Gasteiger partial charge < -0.3 is 18.6 Å². The summed E-state index contributed by atoms with van der Waals surface area (Å²) in [5.41, 5.74) is 3.14. The van der Waals surface area contributed by atoms with Crippen LogP contribution in [0.2, 0.25) is 0 Å². The van der Waals surface area contributed by atoms with E-state index in [4.69, 9.17) is 9.15 Å². The van der Waals surface area contributed by atoms with Gasteiger partial charge in [-0.15, -0.1) is 0 Å². The number of amides is 1. The third-order valence-electron chi connectivity index (χ3n) is 4.15. The van der Waals surface area contributed by atoms with Crippen molar-refractivity contribution < 1.29 is 13.9 Å². The molecule has 8 heteroatoms. The van der Waals surface area contributed by atoms with E-state index < -0.39 is 0 Å². The van der Waals surface area contributed by atoms with Gasteiger partial charge in [0.25, 0.3) is 5.91 Å². The molecule has 3 rings (SSSR count). The minimum atomic E-state index is -0.0671. The number of furan rings is 1. The Balaban J connectivity index is 1.88. The number of halogens is 1. The zero-order chi connectivity index (χ0) is 18.0. The fraction of sp³-hybridized carbons (Fsp3) is 0.412. The molecule has 0 aliphatic heterocycles. The summed E-state index contributed by atoms with van der Waals surface area (Å²) in [5.74, 6) is -0.0671. The van der Waals surface area contributed by atoms with Gasteiger partial charge in [0.05, 0.1) is 24.4 Å². The van der Waals surface area contributed by atoms with Gasteiger partial charge >= 0.3 is 0 Å². The highest BCUT2D eigenvalue weighted by Gasteiger charge is 2.22. The number of carbonyl (C=O) groups excluding carboxylic acids is 1. The molecular formula is C17H21BrN4O3. The molecule has 3 heterocycles. The molecule has 0 saturated heterocycles.